The Labute approximate surface area is 115 Å². The second-order valence-electron chi connectivity index (χ2n) is 5.31. The van der Waals surface area contributed by atoms with Crippen molar-refractivity contribution >= 4 is 11.9 Å². The summed E-state index contributed by atoms with van der Waals surface area (Å²) in [7, 11) is 0. The van der Waals surface area contributed by atoms with Crippen LogP contribution in [0.1, 0.15) is 51.9 Å². The number of piperidine rings is 1. The van der Waals surface area contributed by atoms with Crippen LogP contribution in [0.15, 0.2) is 0 Å². The molecule has 1 heterocycles. The molecule has 19 heavy (non-hydrogen) atoms. The Hall–Kier alpha value is -1.10. The van der Waals surface area contributed by atoms with Crippen LogP contribution in [0.4, 0.5) is 0 Å². The van der Waals surface area contributed by atoms with E-state index in [9.17, 15) is 9.59 Å². The average Bonchev–Trinajstić information content (AvgIpc) is 2.42. The molecule has 1 saturated heterocycles. The molecule has 1 aliphatic rings. The van der Waals surface area contributed by atoms with Crippen LogP contribution in [0.25, 0.3) is 0 Å². The topological polar surface area (TPSA) is 78.4 Å². The minimum absolute atomic E-state index is 0.0327. The maximum Gasteiger partial charge on any atom is 0.308 e. The first kappa shape index (κ1) is 16.0. The summed E-state index contributed by atoms with van der Waals surface area (Å²) in [6.45, 7) is 3.25. The molecular formula is C14H26N2O3. The summed E-state index contributed by atoms with van der Waals surface area (Å²) in [5.41, 5.74) is 0. The number of carboxylic acid groups (broad SMARTS) is 1. The molecule has 1 amide bonds. The Bertz CT molecular complexity index is 288. The molecule has 5 nitrogen and oxygen atoms in total. The van der Waals surface area contributed by atoms with E-state index in [1.54, 1.807) is 0 Å². The number of nitrogens with one attached hydrogen (secondary N) is 2. The predicted octanol–water partition coefficient (Wildman–Crippen LogP) is 1.53. The van der Waals surface area contributed by atoms with Gasteiger partial charge in [-0.15, -0.1) is 0 Å². The zero-order valence-corrected chi connectivity index (χ0v) is 11.8. The molecule has 0 aliphatic carbocycles. The van der Waals surface area contributed by atoms with Crippen molar-refractivity contribution in [2.24, 2.45) is 5.92 Å². The molecule has 1 rings (SSSR count). The number of aliphatic carboxylic acids is 1. The third-order valence-electron chi connectivity index (χ3n) is 3.66. The molecular weight excluding hydrogens is 244 g/mol. The van der Waals surface area contributed by atoms with E-state index in [4.69, 9.17) is 5.11 Å². The number of rotatable bonds is 8. The summed E-state index contributed by atoms with van der Waals surface area (Å²) in [4.78, 5) is 22.6. The van der Waals surface area contributed by atoms with Gasteiger partial charge in [0.15, 0.2) is 0 Å². The molecule has 1 fully saturated rings. The lowest BCUT2D eigenvalue weighted by Gasteiger charge is -2.23. The van der Waals surface area contributed by atoms with Crippen molar-refractivity contribution < 1.29 is 14.7 Å². The minimum Gasteiger partial charge on any atom is -0.481 e. The first-order valence-electron chi connectivity index (χ1n) is 7.36. The van der Waals surface area contributed by atoms with Gasteiger partial charge in [0.2, 0.25) is 5.91 Å². The zero-order chi connectivity index (χ0) is 14.1. The SMILES string of the molecule is CCCC(CNC(=O)CCC1CCCCN1)C(=O)O. The number of carbonyl (C=O) groups is 2. The van der Waals surface area contributed by atoms with Crippen molar-refractivity contribution in [2.75, 3.05) is 13.1 Å². The molecule has 0 spiro atoms. The summed E-state index contributed by atoms with van der Waals surface area (Å²) in [6.07, 6.45) is 6.35. The summed E-state index contributed by atoms with van der Waals surface area (Å²) < 4.78 is 0. The quantitative estimate of drug-likeness (QED) is 0.625. The fourth-order valence-electron chi connectivity index (χ4n) is 2.46. The van der Waals surface area contributed by atoms with Crippen LogP contribution in [-0.4, -0.2) is 36.1 Å². The van der Waals surface area contributed by atoms with Gasteiger partial charge >= 0.3 is 5.97 Å². The van der Waals surface area contributed by atoms with E-state index >= 15 is 0 Å². The molecule has 0 aromatic heterocycles. The van der Waals surface area contributed by atoms with Crippen molar-refractivity contribution in [3.63, 3.8) is 0 Å². The van der Waals surface area contributed by atoms with E-state index in [1.807, 2.05) is 6.92 Å². The number of amides is 1. The van der Waals surface area contributed by atoms with Crippen LogP contribution >= 0.6 is 0 Å². The molecule has 1 aliphatic heterocycles. The van der Waals surface area contributed by atoms with Gasteiger partial charge in [0.05, 0.1) is 5.92 Å². The third-order valence-corrected chi connectivity index (χ3v) is 3.66. The van der Waals surface area contributed by atoms with Gasteiger partial charge in [0.25, 0.3) is 0 Å². The summed E-state index contributed by atoms with van der Waals surface area (Å²) in [5, 5.41) is 15.1. The molecule has 2 unspecified atom stereocenters. The molecule has 3 N–H and O–H groups in total. The first-order valence-corrected chi connectivity index (χ1v) is 7.36. The Morgan fingerprint density at radius 2 is 2.21 bits per heavy atom. The molecule has 0 radical (unpaired) electrons. The molecule has 110 valence electrons. The number of hydrogen-bond acceptors (Lipinski definition) is 3. The highest BCUT2D eigenvalue weighted by molar-refractivity contribution is 5.77. The monoisotopic (exact) mass is 270 g/mol. The van der Waals surface area contributed by atoms with E-state index in [0.717, 1.165) is 25.8 Å². The average molecular weight is 270 g/mol. The van der Waals surface area contributed by atoms with E-state index < -0.39 is 11.9 Å². The van der Waals surface area contributed by atoms with Crippen molar-refractivity contribution in [3.8, 4) is 0 Å². The van der Waals surface area contributed by atoms with Crippen LogP contribution in [0.3, 0.4) is 0 Å². The van der Waals surface area contributed by atoms with Gasteiger partial charge in [-0.1, -0.05) is 19.8 Å². The Kier molecular flexibility index (Phi) is 7.48. The third kappa shape index (κ3) is 6.57. The van der Waals surface area contributed by atoms with Crippen molar-refractivity contribution in [3.05, 3.63) is 0 Å². The van der Waals surface area contributed by atoms with E-state index in [2.05, 4.69) is 10.6 Å². The van der Waals surface area contributed by atoms with Crippen LogP contribution in [0.2, 0.25) is 0 Å². The second-order valence-corrected chi connectivity index (χ2v) is 5.31. The van der Waals surface area contributed by atoms with E-state index in [1.165, 1.54) is 12.8 Å². The first-order chi connectivity index (χ1) is 9.13. The number of carboxylic acids is 1. The molecule has 5 heteroatoms. The number of carbonyl (C=O) groups excluding carboxylic acids is 1. The Morgan fingerprint density at radius 1 is 1.42 bits per heavy atom. The maximum atomic E-state index is 11.7. The van der Waals surface area contributed by atoms with Crippen LogP contribution in [0.5, 0.6) is 0 Å². The zero-order valence-electron chi connectivity index (χ0n) is 11.8. The van der Waals surface area contributed by atoms with Crippen LogP contribution < -0.4 is 10.6 Å². The summed E-state index contributed by atoms with van der Waals surface area (Å²) in [6, 6.07) is 0.449. The van der Waals surface area contributed by atoms with Gasteiger partial charge in [0.1, 0.15) is 0 Å². The second kappa shape index (κ2) is 8.91. The highest BCUT2D eigenvalue weighted by atomic mass is 16.4. The Morgan fingerprint density at radius 3 is 2.79 bits per heavy atom. The predicted molar refractivity (Wildman–Crippen MR) is 73.9 cm³/mol. The molecule has 0 bridgehead atoms. The van der Waals surface area contributed by atoms with Gasteiger partial charge in [-0.05, 0) is 32.2 Å². The molecule has 0 aromatic carbocycles. The molecule has 2 atom stereocenters. The van der Waals surface area contributed by atoms with Crippen molar-refractivity contribution in [1.29, 1.82) is 0 Å². The van der Waals surface area contributed by atoms with Gasteiger partial charge in [-0.2, -0.15) is 0 Å². The molecule has 0 aromatic rings. The van der Waals surface area contributed by atoms with E-state index in [0.29, 0.717) is 18.9 Å². The van der Waals surface area contributed by atoms with Crippen molar-refractivity contribution in [2.45, 2.75) is 57.9 Å². The van der Waals surface area contributed by atoms with Gasteiger partial charge in [-0.25, -0.2) is 0 Å². The summed E-state index contributed by atoms with van der Waals surface area (Å²) in [5.74, 6) is -1.31. The summed E-state index contributed by atoms with van der Waals surface area (Å²) >= 11 is 0. The molecule has 0 saturated carbocycles. The van der Waals surface area contributed by atoms with E-state index in [-0.39, 0.29) is 12.5 Å². The fourth-order valence-corrected chi connectivity index (χ4v) is 2.46. The Balaban J connectivity index is 2.17. The van der Waals surface area contributed by atoms with Crippen molar-refractivity contribution in [1.82, 2.24) is 10.6 Å². The fraction of sp³-hybridized carbons (Fsp3) is 0.857. The highest BCUT2D eigenvalue weighted by Gasteiger charge is 2.18. The van der Waals surface area contributed by atoms with Gasteiger partial charge in [-0.3, -0.25) is 9.59 Å². The number of hydrogen-bond donors (Lipinski definition) is 3. The largest absolute Gasteiger partial charge is 0.481 e. The van der Waals surface area contributed by atoms with Gasteiger partial charge < -0.3 is 15.7 Å². The lowest BCUT2D eigenvalue weighted by atomic mass is 10.00. The standard InChI is InChI=1S/C14H26N2O3/c1-2-5-11(14(18)19)10-16-13(17)8-7-12-6-3-4-9-15-12/h11-12,15H,2-10H2,1H3,(H,16,17)(H,18,19). The lowest BCUT2D eigenvalue weighted by Crippen LogP contribution is -2.36. The van der Waals surface area contributed by atoms with Crippen LogP contribution in [0, 0.1) is 5.92 Å². The van der Waals surface area contributed by atoms with Gasteiger partial charge in [0, 0.05) is 19.0 Å². The normalized spacial score (nSPS) is 20.8. The van der Waals surface area contributed by atoms with Crippen LogP contribution in [-0.2, 0) is 9.59 Å². The maximum absolute atomic E-state index is 11.7. The lowest BCUT2D eigenvalue weighted by molar-refractivity contribution is -0.141. The highest BCUT2D eigenvalue weighted by Crippen LogP contribution is 2.11. The smallest absolute Gasteiger partial charge is 0.308 e. The minimum atomic E-state index is -0.823.